The number of rotatable bonds is 4. The van der Waals surface area contributed by atoms with Crippen molar-refractivity contribution in [3.8, 4) is 17.6 Å². The SMILES string of the molecule is N#Cc1ccccc1Oc1ccccc1C(=O)N1CCCCC(CO)C1. The number of carbonyl (C=O) groups excluding carboxylic acids is 1. The summed E-state index contributed by atoms with van der Waals surface area (Å²) in [6, 6.07) is 16.2. The predicted molar refractivity (Wildman–Crippen MR) is 98.0 cm³/mol. The number of hydrogen-bond acceptors (Lipinski definition) is 4. The first-order valence-electron chi connectivity index (χ1n) is 8.89. The molecule has 2 aromatic carbocycles. The minimum Gasteiger partial charge on any atom is -0.455 e. The first-order chi connectivity index (χ1) is 12.7. The van der Waals surface area contributed by atoms with Gasteiger partial charge in [-0.2, -0.15) is 5.26 Å². The predicted octanol–water partition coefficient (Wildman–Crippen LogP) is 3.59. The zero-order valence-electron chi connectivity index (χ0n) is 14.6. The fourth-order valence-corrected chi connectivity index (χ4v) is 3.23. The maximum absolute atomic E-state index is 13.1. The van der Waals surface area contributed by atoms with Crippen LogP contribution in [0, 0.1) is 17.2 Å². The molecule has 26 heavy (non-hydrogen) atoms. The van der Waals surface area contributed by atoms with Crippen LogP contribution in [0.3, 0.4) is 0 Å². The van der Waals surface area contributed by atoms with Crippen molar-refractivity contribution >= 4 is 5.91 Å². The van der Waals surface area contributed by atoms with Gasteiger partial charge in [0.1, 0.15) is 17.6 Å². The van der Waals surface area contributed by atoms with Crippen LogP contribution >= 0.6 is 0 Å². The van der Waals surface area contributed by atoms with Crippen molar-refractivity contribution in [1.82, 2.24) is 4.90 Å². The van der Waals surface area contributed by atoms with E-state index in [1.165, 1.54) is 0 Å². The van der Waals surface area contributed by atoms with E-state index < -0.39 is 0 Å². The third-order valence-corrected chi connectivity index (χ3v) is 4.66. The Morgan fingerprint density at radius 2 is 1.88 bits per heavy atom. The second-order valence-corrected chi connectivity index (χ2v) is 6.50. The Hall–Kier alpha value is -2.84. The highest BCUT2D eigenvalue weighted by Gasteiger charge is 2.24. The van der Waals surface area contributed by atoms with Crippen LogP contribution in [0.5, 0.6) is 11.5 Å². The van der Waals surface area contributed by atoms with Gasteiger partial charge in [0.25, 0.3) is 5.91 Å². The molecule has 0 aromatic heterocycles. The molecule has 1 saturated heterocycles. The van der Waals surface area contributed by atoms with Crippen LogP contribution in [0.4, 0.5) is 0 Å². The Balaban J connectivity index is 1.87. The second-order valence-electron chi connectivity index (χ2n) is 6.50. The number of nitrogens with zero attached hydrogens (tertiary/aromatic N) is 2. The van der Waals surface area contributed by atoms with Crippen LogP contribution in [0.2, 0.25) is 0 Å². The third kappa shape index (κ3) is 4.04. The molecular weight excluding hydrogens is 328 g/mol. The highest BCUT2D eigenvalue weighted by atomic mass is 16.5. The van der Waals surface area contributed by atoms with Gasteiger partial charge in [0.2, 0.25) is 0 Å². The van der Waals surface area contributed by atoms with Crippen molar-refractivity contribution in [3.05, 3.63) is 59.7 Å². The molecule has 0 spiro atoms. The number of hydrogen-bond donors (Lipinski definition) is 1. The second kappa shape index (κ2) is 8.50. The summed E-state index contributed by atoms with van der Waals surface area (Å²) in [6.07, 6.45) is 2.89. The first kappa shape index (κ1) is 18.0. The number of carbonyl (C=O) groups is 1. The molecule has 5 nitrogen and oxygen atoms in total. The fraction of sp³-hybridized carbons (Fsp3) is 0.333. The molecule has 0 saturated carbocycles. The van der Waals surface area contributed by atoms with E-state index in [0.717, 1.165) is 19.3 Å². The summed E-state index contributed by atoms with van der Waals surface area (Å²) in [4.78, 5) is 14.9. The number of benzene rings is 2. The van der Waals surface area contributed by atoms with Gasteiger partial charge >= 0.3 is 0 Å². The summed E-state index contributed by atoms with van der Waals surface area (Å²) in [7, 11) is 0. The van der Waals surface area contributed by atoms with Crippen molar-refractivity contribution in [2.75, 3.05) is 19.7 Å². The average molecular weight is 350 g/mol. The quantitative estimate of drug-likeness (QED) is 0.914. The number of aliphatic hydroxyl groups excluding tert-OH is 1. The Kier molecular flexibility index (Phi) is 5.88. The van der Waals surface area contributed by atoms with Gasteiger partial charge in [-0.25, -0.2) is 0 Å². The standard InChI is InChI=1S/C21H22N2O3/c22-13-17-8-1-3-10-19(17)26-20-11-4-2-9-18(20)21(25)23-12-6-5-7-16(14-23)15-24/h1-4,8-11,16,24H,5-7,12,14-15H2. The summed E-state index contributed by atoms with van der Waals surface area (Å²) in [5.41, 5.74) is 0.892. The zero-order chi connectivity index (χ0) is 18.4. The molecule has 0 radical (unpaired) electrons. The largest absolute Gasteiger partial charge is 0.455 e. The average Bonchev–Trinajstić information content (AvgIpc) is 2.94. The van der Waals surface area contributed by atoms with Crippen LogP contribution in [-0.4, -0.2) is 35.6 Å². The van der Waals surface area contributed by atoms with Gasteiger partial charge in [-0.05, 0) is 43.0 Å². The van der Waals surface area contributed by atoms with Crippen molar-refractivity contribution in [3.63, 3.8) is 0 Å². The molecule has 1 N–H and O–H groups in total. The maximum atomic E-state index is 13.1. The lowest BCUT2D eigenvalue weighted by Gasteiger charge is -2.24. The van der Waals surface area contributed by atoms with Gasteiger partial charge in [0.05, 0.1) is 11.1 Å². The maximum Gasteiger partial charge on any atom is 0.257 e. The summed E-state index contributed by atoms with van der Waals surface area (Å²) in [5, 5.41) is 18.7. The normalized spacial score (nSPS) is 17.2. The number of para-hydroxylation sites is 2. The van der Waals surface area contributed by atoms with Gasteiger partial charge < -0.3 is 14.7 Å². The molecule has 1 fully saturated rings. The lowest BCUT2D eigenvalue weighted by molar-refractivity contribution is 0.0717. The Labute approximate surface area is 153 Å². The van der Waals surface area contributed by atoms with Crippen molar-refractivity contribution in [2.45, 2.75) is 19.3 Å². The van der Waals surface area contributed by atoms with Gasteiger partial charge in [-0.3, -0.25) is 4.79 Å². The summed E-state index contributed by atoms with van der Waals surface area (Å²) in [5.74, 6) is 0.883. The van der Waals surface area contributed by atoms with Gasteiger partial charge in [-0.15, -0.1) is 0 Å². The molecule has 1 heterocycles. The highest BCUT2D eigenvalue weighted by molar-refractivity contribution is 5.97. The molecular formula is C21H22N2O3. The van der Waals surface area contributed by atoms with Crippen LogP contribution in [-0.2, 0) is 0 Å². The summed E-state index contributed by atoms with van der Waals surface area (Å²) >= 11 is 0. The summed E-state index contributed by atoms with van der Waals surface area (Å²) < 4.78 is 5.91. The van der Waals surface area contributed by atoms with E-state index in [0.29, 0.717) is 35.7 Å². The Morgan fingerprint density at radius 3 is 2.65 bits per heavy atom. The van der Waals surface area contributed by atoms with Crippen molar-refractivity contribution in [1.29, 1.82) is 5.26 Å². The molecule has 0 bridgehead atoms. The lowest BCUT2D eigenvalue weighted by atomic mass is 10.0. The minimum absolute atomic E-state index is 0.0947. The number of likely N-dealkylation sites (tertiary alicyclic amines) is 1. The molecule has 3 rings (SSSR count). The molecule has 1 aliphatic heterocycles. The Bertz CT molecular complexity index is 813. The van der Waals surface area contributed by atoms with E-state index >= 15 is 0 Å². The van der Waals surface area contributed by atoms with E-state index in [1.807, 2.05) is 0 Å². The van der Waals surface area contributed by atoms with Crippen LogP contribution in [0.25, 0.3) is 0 Å². The van der Waals surface area contributed by atoms with Crippen LogP contribution < -0.4 is 4.74 Å². The zero-order valence-corrected chi connectivity index (χ0v) is 14.6. The summed E-state index contributed by atoms with van der Waals surface area (Å²) in [6.45, 7) is 1.33. The number of aliphatic hydroxyl groups is 1. The van der Waals surface area contributed by atoms with E-state index in [1.54, 1.807) is 53.4 Å². The smallest absolute Gasteiger partial charge is 0.257 e. The van der Waals surface area contributed by atoms with E-state index in [2.05, 4.69) is 6.07 Å². The topological polar surface area (TPSA) is 73.6 Å². The van der Waals surface area contributed by atoms with Gasteiger partial charge in [-0.1, -0.05) is 30.7 Å². The molecule has 1 atom stereocenters. The fourth-order valence-electron chi connectivity index (χ4n) is 3.23. The van der Waals surface area contributed by atoms with E-state index in [4.69, 9.17) is 4.74 Å². The molecule has 2 aromatic rings. The first-order valence-corrected chi connectivity index (χ1v) is 8.89. The molecule has 0 aliphatic carbocycles. The monoisotopic (exact) mass is 350 g/mol. The van der Waals surface area contributed by atoms with Gasteiger partial charge in [0, 0.05) is 19.7 Å². The molecule has 1 amide bonds. The van der Waals surface area contributed by atoms with Crippen LogP contribution in [0.1, 0.15) is 35.2 Å². The molecule has 134 valence electrons. The van der Waals surface area contributed by atoms with Gasteiger partial charge in [0.15, 0.2) is 0 Å². The Morgan fingerprint density at radius 1 is 1.15 bits per heavy atom. The van der Waals surface area contributed by atoms with Crippen molar-refractivity contribution < 1.29 is 14.6 Å². The number of ether oxygens (including phenoxy) is 1. The van der Waals surface area contributed by atoms with Crippen molar-refractivity contribution in [2.24, 2.45) is 5.92 Å². The molecule has 1 unspecified atom stereocenters. The van der Waals surface area contributed by atoms with E-state index in [9.17, 15) is 15.2 Å². The molecule has 5 heteroatoms. The molecule has 1 aliphatic rings. The minimum atomic E-state index is -0.101. The van der Waals surface area contributed by atoms with Crippen LogP contribution in [0.15, 0.2) is 48.5 Å². The lowest BCUT2D eigenvalue weighted by Crippen LogP contribution is -2.35. The number of amides is 1. The number of nitriles is 1. The van der Waals surface area contributed by atoms with E-state index in [-0.39, 0.29) is 18.4 Å². The third-order valence-electron chi connectivity index (χ3n) is 4.66. The highest BCUT2D eigenvalue weighted by Crippen LogP contribution is 2.29.